The minimum Gasteiger partial charge on any atom is -0.497 e. The summed E-state index contributed by atoms with van der Waals surface area (Å²) in [5, 5.41) is 9.58. The van der Waals surface area contributed by atoms with Crippen LogP contribution in [-0.2, 0) is 16.0 Å². The second kappa shape index (κ2) is 8.03. The summed E-state index contributed by atoms with van der Waals surface area (Å²) in [4.78, 5) is 11.7. The quantitative estimate of drug-likeness (QED) is 0.616. The van der Waals surface area contributed by atoms with E-state index in [9.17, 15) is 9.90 Å². The van der Waals surface area contributed by atoms with Crippen LogP contribution in [0.1, 0.15) is 24.5 Å². The maximum atomic E-state index is 11.7. The lowest BCUT2D eigenvalue weighted by atomic mass is 10.0. The molecule has 0 saturated carbocycles. The van der Waals surface area contributed by atoms with Crippen LogP contribution in [0.25, 0.3) is 5.57 Å². The fraction of sp³-hybridized carbons (Fsp3) is 0.211. The normalized spacial score (nSPS) is 11.7. The van der Waals surface area contributed by atoms with Crippen LogP contribution in [0.15, 0.2) is 66.4 Å². The van der Waals surface area contributed by atoms with E-state index < -0.39 is 5.97 Å². The number of carboxylic acid groups (broad SMARTS) is 1. The number of hydrogen-bond donors (Lipinski definition) is 1. The first kappa shape index (κ1) is 15.8. The Morgan fingerprint density at radius 3 is 2.14 bits per heavy atom. The van der Waals surface area contributed by atoms with Gasteiger partial charge in [-0.2, -0.15) is 0 Å². The van der Waals surface area contributed by atoms with Gasteiger partial charge in [-0.05, 0) is 24.5 Å². The topological polar surface area (TPSA) is 46.5 Å². The lowest BCUT2D eigenvalue weighted by Gasteiger charge is -2.13. The van der Waals surface area contributed by atoms with Crippen LogP contribution >= 0.6 is 0 Å². The van der Waals surface area contributed by atoms with E-state index in [-0.39, 0.29) is 5.57 Å². The number of aliphatic carboxylic acids is 1. The van der Waals surface area contributed by atoms with Gasteiger partial charge < -0.3 is 9.84 Å². The van der Waals surface area contributed by atoms with Gasteiger partial charge in [0.2, 0.25) is 0 Å². The van der Waals surface area contributed by atoms with Crippen LogP contribution in [0.2, 0.25) is 0 Å². The molecule has 0 aliphatic rings. The third kappa shape index (κ3) is 4.22. The number of allylic oxidation sites excluding steroid dienone is 1. The van der Waals surface area contributed by atoms with E-state index in [0.29, 0.717) is 24.4 Å². The highest BCUT2D eigenvalue weighted by Gasteiger charge is 2.18. The average molecular weight is 296 g/mol. The Bertz CT molecular complexity index is 630. The fourth-order valence-corrected chi connectivity index (χ4v) is 2.35. The van der Waals surface area contributed by atoms with Gasteiger partial charge in [-0.25, -0.2) is 4.79 Å². The molecular formula is C19H20O3. The number of carboxylic acids is 1. The van der Waals surface area contributed by atoms with Crippen LogP contribution in [0, 0.1) is 0 Å². The minimum atomic E-state index is -0.956. The molecule has 0 unspecified atom stereocenters. The average Bonchev–Trinajstić information content (AvgIpc) is 2.54. The van der Waals surface area contributed by atoms with Gasteiger partial charge >= 0.3 is 5.97 Å². The second-order valence-electron chi connectivity index (χ2n) is 4.89. The van der Waals surface area contributed by atoms with E-state index >= 15 is 0 Å². The molecule has 3 heteroatoms. The van der Waals surface area contributed by atoms with Crippen molar-refractivity contribution in [1.82, 2.24) is 0 Å². The Kier molecular flexibility index (Phi) is 5.78. The predicted octanol–water partition coefficient (Wildman–Crippen LogP) is 4.15. The number of hydrogen-bond acceptors (Lipinski definition) is 2. The van der Waals surface area contributed by atoms with E-state index in [1.54, 1.807) is 12.1 Å². The van der Waals surface area contributed by atoms with Crippen LogP contribution in [-0.4, -0.2) is 17.7 Å². The molecule has 114 valence electrons. The molecule has 2 rings (SSSR count). The molecule has 0 heterocycles. The molecule has 2 aromatic carbocycles. The summed E-state index contributed by atoms with van der Waals surface area (Å²) in [6.07, 6.45) is 1.31. The van der Waals surface area contributed by atoms with Crippen LogP contribution < -0.4 is 0 Å². The fourth-order valence-electron chi connectivity index (χ4n) is 2.35. The molecule has 22 heavy (non-hydrogen) atoms. The SMILES string of the molecule is CCO/C(CCc1ccccc1)=C(/C(=O)O)c1ccccc1. The largest absolute Gasteiger partial charge is 0.497 e. The third-order valence-corrected chi connectivity index (χ3v) is 3.36. The van der Waals surface area contributed by atoms with Gasteiger partial charge in [0.15, 0.2) is 0 Å². The Morgan fingerprint density at radius 2 is 1.59 bits per heavy atom. The van der Waals surface area contributed by atoms with Crippen molar-refractivity contribution in [3.8, 4) is 0 Å². The number of carbonyl (C=O) groups is 1. The van der Waals surface area contributed by atoms with Gasteiger partial charge in [-0.3, -0.25) is 0 Å². The molecule has 0 aliphatic carbocycles. The molecular weight excluding hydrogens is 276 g/mol. The van der Waals surface area contributed by atoms with Crippen molar-refractivity contribution < 1.29 is 14.6 Å². The summed E-state index contributed by atoms with van der Waals surface area (Å²) in [6, 6.07) is 19.1. The summed E-state index contributed by atoms with van der Waals surface area (Å²) in [6.45, 7) is 2.32. The molecule has 0 fully saturated rings. The van der Waals surface area contributed by atoms with Crippen molar-refractivity contribution in [3.63, 3.8) is 0 Å². The molecule has 1 N–H and O–H groups in total. The second-order valence-corrected chi connectivity index (χ2v) is 4.89. The molecule has 3 nitrogen and oxygen atoms in total. The van der Waals surface area contributed by atoms with Crippen molar-refractivity contribution in [2.75, 3.05) is 6.61 Å². The molecule has 0 radical (unpaired) electrons. The molecule has 0 saturated heterocycles. The van der Waals surface area contributed by atoms with Crippen molar-refractivity contribution in [2.24, 2.45) is 0 Å². The van der Waals surface area contributed by atoms with Crippen molar-refractivity contribution in [3.05, 3.63) is 77.5 Å². The lowest BCUT2D eigenvalue weighted by Crippen LogP contribution is -2.07. The number of benzene rings is 2. The molecule has 0 atom stereocenters. The maximum Gasteiger partial charge on any atom is 0.339 e. The van der Waals surface area contributed by atoms with E-state index in [4.69, 9.17) is 4.74 Å². The van der Waals surface area contributed by atoms with Crippen molar-refractivity contribution in [1.29, 1.82) is 0 Å². The van der Waals surface area contributed by atoms with E-state index in [2.05, 4.69) is 0 Å². The van der Waals surface area contributed by atoms with Gasteiger partial charge in [-0.1, -0.05) is 60.7 Å². The summed E-state index contributed by atoms with van der Waals surface area (Å²) in [5.74, 6) is -0.423. The minimum absolute atomic E-state index is 0.249. The lowest BCUT2D eigenvalue weighted by molar-refractivity contribution is -0.130. The van der Waals surface area contributed by atoms with E-state index in [0.717, 1.165) is 12.0 Å². The number of ether oxygens (including phenoxy) is 1. The predicted molar refractivity (Wildman–Crippen MR) is 87.4 cm³/mol. The van der Waals surface area contributed by atoms with E-state index in [1.165, 1.54) is 0 Å². The summed E-state index contributed by atoms with van der Waals surface area (Å²) < 4.78 is 5.64. The summed E-state index contributed by atoms with van der Waals surface area (Å²) in [7, 11) is 0. The van der Waals surface area contributed by atoms with Gasteiger partial charge in [-0.15, -0.1) is 0 Å². The zero-order chi connectivity index (χ0) is 15.8. The first-order chi connectivity index (χ1) is 10.7. The number of aryl methyl sites for hydroxylation is 1. The Labute approximate surface area is 130 Å². The maximum absolute atomic E-state index is 11.7. The molecule has 0 spiro atoms. The monoisotopic (exact) mass is 296 g/mol. The van der Waals surface area contributed by atoms with Crippen LogP contribution in [0.5, 0.6) is 0 Å². The molecule has 0 amide bonds. The Morgan fingerprint density at radius 1 is 1.00 bits per heavy atom. The zero-order valence-electron chi connectivity index (χ0n) is 12.7. The van der Waals surface area contributed by atoms with Gasteiger partial charge in [0.05, 0.1) is 6.61 Å². The van der Waals surface area contributed by atoms with Crippen molar-refractivity contribution in [2.45, 2.75) is 19.8 Å². The first-order valence-electron chi connectivity index (χ1n) is 7.41. The van der Waals surface area contributed by atoms with Crippen LogP contribution in [0.4, 0.5) is 0 Å². The molecule has 2 aromatic rings. The molecule has 0 bridgehead atoms. The highest BCUT2D eigenvalue weighted by molar-refractivity contribution is 6.16. The standard InChI is InChI=1S/C19H20O3/c1-2-22-17(14-13-15-9-5-3-6-10-15)18(19(20)21)16-11-7-4-8-12-16/h3-12H,2,13-14H2,1H3,(H,20,21)/b18-17+. The highest BCUT2D eigenvalue weighted by atomic mass is 16.5. The Balaban J connectivity index is 2.30. The van der Waals surface area contributed by atoms with Gasteiger partial charge in [0.1, 0.15) is 11.3 Å². The smallest absolute Gasteiger partial charge is 0.339 e. The van der Waals surface area contributed by atoms with Crippen molar-refractivity contribution >= 4 is 11.5 Å². The summed E-state index contributed by atoms with van der Waals surface area (Å²) in [5.41, 5.74) is 2.09. The van der Waals surface area contributed by atoms with Gasteiger partial charge in [0, 0.05) is 6.42 Å². The van der Waals surface area contributed by atoms with E-state index in [1.807, 2.05) is 55.5 Å². The highest BCUT2D eigenvalue weighted by Crippen LogP contribution is 2.23. The zero-order valence-corrected chi connectivity index (χ0v) is 12.7. The number of rotatable bonds is 7. The van der Waals surface area contributed by atoms with Gasteiger partial charge in [0.25, 0.3) is 0 Å². The summed E-state index contributed by atoms with van der Waals surface area (Å²) >= 11 is 0. The Hall–Kier alpha value is -2.55. The molecule has 0 aromatic heterocycles. The first-order valence-corrected chi connectivity index (χ1v) is 7.41. The molecule has 0 aliphatic heterocycles. The van der Waals surface area contributed by atoms with Crippen LogP contribution in [0.3, 0.4) is 0 Å². The third-order valence-electron chi connectivity index (χ3n) is 3.36.